The van der Waals surface area contributed by atoms with Gasteiger partial charge in [-0.05, 0) is 74.2 Å². The van der Waals surface area contributed by atoms with Gasteiger partial charge in [-0.1, -0.05) is 25.4 Å². The monoisotopic (exact) mass is 377 g/mol. The van der Waals surface area contributed by atoms with Gasteiger partial charge < -0.3 is 10.2 Å². The molecule has 0 aliphatic carbocycles. The second-order valence-electron chi connectivity index (χ2n) is 7.47. The summed E-state index contributed by atoms with van der Waals surface area (Å²) < 4.78 is 0. The molecule has 0 radical (unpaired) electrons. The lowest BCUT2D eigenvalue weighted by Gasteiger charge is -2.47. The average molecular weight is 378 g/mol. The first kappa shape index (κ1) is 18.2. The summed E-state index contributed by atoms with van der Waals surface area (Å²) in [5.41, 5.74) is 3.86. The Labute approximate surface area is 159 Å². The minimum Gasteiger partial charge on any atom is -0.366 e. The van der Waals surface area contributed by atoms with Crippen molar-refractivity contribution in [3.63, 3.8) is 0 Å². The van der Waals surface area contributed by atoms with E-state index in [1.165, 1.54) is 11.3 Å². The zero-order valence-corrected chi connectivity index (χ0v) is 16.6. The van der Waals surface area contributed by atoms with Gasteiger partial charge in [0.25, 0.3) is 5.91 Å². The van der Waals surface area contributed by atoms with Crippen LogP contribution in [0.2, 0.25) is 5.02 Å². The number of amides is 1. The molecule has 6 heteroatoms. The maximum atomic E-state index is 11.9. The summed E-state index contributed by atoms with van der Waals surface area (Å²) in [5.74, 6) is 0.208. The van der Waals surface area contributed by atoms with Crippen LogP contribution in [0.4, 0.5) is 5.69 Å². The van der Waals surface area contributed by atoms with Crippen molar-refractivity contribution in [2.45, 2.75) is 52.0 Å². The maximum absolute atomic E-state index is 11.9. The predicted molar refractivity (Wildman–Crippen MR) is 108 cm³/mol. The third-order valence-electron chi connectivity index (χ3n) is 4.97. The second-order valence-corrected chi connectivity index (χ2v) is 8.28. The summed E-state index contributed by atoms with van der Waals surface area (Å²) >= 11 is 11.6. The minimum atomic E-state index is -0.222. The quantitative estimate of drug-likeness (QED) is 0.612. The fraction of sp³-hybridized carbons (Fsp3) is 0.474. The number of hydrogen-bond donors (Lipinski definition) is 2. The molecule has 134 valence electrons. The lowest BCUT2D eigenvalue weighted by molar-refractivity contribution is -0.115. The number of halogens is 1. The standard InChI is InChI=1S/C19H24ClN3OS/c1-5-6-23-16-9-14(20)12(8-15-17(24)22-18(25)21-15)7-13(16)11(2)10-19(23,3)4/h7-9,11H,5-6,10H2,1-4H3,(H2,21,22,24,25)/b15-8-. The van der Waals surface area contributed by atoms with E-state index < -0.39 is 0 Å². The lowest BCUT2D eigenvalue weighted by Crippen LogP contribution is -2.48. The van der Waals surface area contributed by atoms with Gasteiger partial charge >= 0.3 is 0 Å². The van der Waals surface area contributed by atoms with Crippen LogP contribution < -0.4 is 15.5 Å². The molecule has 4 nitrogen and oxygen atoms in total. The first-order chi connectivity index (χ1) is 11.7. The van der Waals surface area contributed by atoms with E-state index in [-0.39, 0.29) is 11.4 Å². The van der Waals surface area contributed by atoms with Gasteiger partial charge in [0.2, 0.25) is 0 Å². The molecule has 1 unspecified atom stereocenters. The molecule has 25 heavy (non-hydrogen) atoms. The summed E-state index contributed by atoms with van der Waals surface area (Å²) in [7, 11) is 0. The predicted octanol–water partition coefficient (Wildman–Crippen LogP) is 4.19. The van der Waals surface area contributed by atoms with Crippen LogP contribution in [0.25, 0.3) is 6.08 Å². The van der Waals surface area contributed by atoms with Crippen molar-refractivity contribution in [3.05, 3.63) is 34.0 Å². The van der Waals surface area contributed by atoms with Gasteiger partial charge in [0.05, 0.1) is 0 Å². The van der Waals surface area contributed by atoms with Crippen LogP contribution in [0.1, 0.15) is 57.6 Å². The summed E-state index contributed by atoms with van der Waals surface area (Å²) in [6.07, 6.45) is 3.94. The van der Waals surface area contributed by atoms with E-state index >= 15 is 0 Å². The van der Waals surface area contributed by atoms with Crippen molar-refractivity contribution in [1.29, 1.82) is 0 Å². The van der Waals surface area contributed by atoms with Crippen LogP contribution >= 0.6 is 23.8 Å². The number of thiocarbonyl (C=S) groups is 1. The van der Waals surface area contributed by atoms with Crippen molar-refractivity contribution in [1.82, 2.24) is 10.6 Å². The Morgan fingerprint density at radius 3 is 2.72 bits per heavy atom. The number of nitrogens with zero attached hydrogens (tertiary/aromatic N) is 1. The third-order valence-corrected chi connectivity index (χ3v) is 5.50. The van der Waals surface area contributed by atoms with E-state index in [1.54, 1.807) is 6.08 Å². The zero-order chi connectivity index (χ0) is 18.4. The molecule has 2 N–H and O–H groups in total. The van der Waals surface area contributed by atoms with E-state index in [0.29, 0.717) is 21.8 Å². The number of nitrogens with one attached hydrogen (secondary N) is 2. The van der Waals surface area contributed by atoms with E-state index in [1.807, 2.05) is 6.07 Å². The molecule has 3 rings (SSSR count). The molecule has 1 fully saturated rings. The number of hydrogen-bond acceptors (Lipinski definition) is 3. The van der Waals surface area contributed by atoms with Gasteiger partial charge in [-0.2, -0.15) is 0 Å². The van der Waals surface area contributed by atoms with Crippen molar-refractivity contribution in [3.8, 4) is 0 Å². The Bertz CT molecular complexity index is 772. The molecule has 2 aliphatic rings. The number of carbonyl (C=O) groups excluding carboxylic acids is 1. The summed E-state index contributed by atoms with van der Waals surface area (Å²) in [4.78, 5) is 14.4. The topological polar surface area (TPSA) is 44.4 Å². The highest BCUT2D eigenvalue weighted by Gasteiger charge is 2.36. The summed E-state index contributed by atoms with van der Waals surface area (Å²) in [6, 6.07) is 4.16. The molecule has 0 bridgehead atoms. The highest BCUT2D eigenvalue weighted by molar-refractivity contribution is 7.80. The summed E-state index contributed by atoms with van der Waals surface area (Å²) in [5, 5.41) is 6.42. The Morgan fingerprint density at radius 1 is 1.40 bits per heavy atom. The number of anilines is 1. The van der Waals surface area contributed by atoms with Gasteiger partial charge in [-0.25, -0.2) is 0 Å². The Kier molecular flexibility index (Phi) is 4.82. The largest absolute Gasteiger partial charge is 0.366 e. The van der Waals surface area contributed by atoms with Crippen LogP contribution in [-0.4, -0.2) is 23.1 Å². The first-order valence-corrected chi connectivity index (χ1v) is 9.46. The molecule has 2 aliphatic heterocycles. The van der Waals surface area contributed by atoms with Crippen LogP contribution in [0, 0.1) is 0 Å². The average Bonchev–Trinajstić information content (AvgIpc) is 2.82. The van der Waals surface area contributed by atoms with Crippen LogP contribution in [0.5, 0.6) is 0 Å². The van der Waals surface area contributed by atoms with E-state index in [0.717, 1.165) is 24.9 Å². The fourth-order valence-electron chi connectivity index (χ4n) is 3.92. The summed E-state index contributed by atoms with van der Waals surface area (Å²) in [6.45, 7) is 10.0. The maximum Gasteiger partial charge on any atom is 0.273 e. The molecular weight excluding hydrogens is 354 g/mol. The highest BCUT2D eigenvalue weighted by atomic mass is 35.5. The van der Waals surface area contributed by atoms with E-state index in [9.17, 15) is 4.79 Å². The smallest absolute Gasteiger partial charge is 0.273 e. The SMILES string of the molecule is CCCN1c2cc(Cl)c(/C=C3\NC(=S)NC3=O)cc2C(C)CC1(C)C. The molecule has 1 aromatic carbocycles. The second kappa shape index (κ2) is 6.61. The number of carbonyl (C=O) groups is 1. The van der Waals surface area contributed by atoms with Crippen molar-refractivity contribution >= 4 is 46.6 Å². The molecule has 1 atom stereocenters. The van der Waals surface area contributed by atoms with Gasteiger partial charge in [0, 0.05) is 22.8 Å². The number of rotatable bonds is 3. The molecule has 1 aromatic rings. The van der Waals surface area contributed by atoms with Crippen molar-refractivity contribution < 1.29 is 4.79 Å². The zero-order valence-electron chi connectivity index (χ0n) is 15.1. The molecule has 2 heterocycles. The molecule has 1 saturated heterocycles. The van der Waals surface area contributed by atoms with Crippen molar-refractivity contribution in [2.24, 2.45) is 0 Å². The lowest BCUT2D eigenvalue weighted by atomic mass is 9.79. The van der Waals surface area contributed by atoms with Gasteiger partial charge in [-0.15, -0.1) is 0 Å². The Balaban J connectivity index is 2.07. The Hall–Kier alpha value is -1.59. The van der Waals surface area contributed by atoms with Crippen molar-refractivity contribution in [2.75, 3.05) is 11.4 Å². The molecule has 1 amide bonds. The molecular formula is C19H24ClN3OS. The third kappa shape index (κ3) is 3.40. The highest BCUT2D eigenvalue weighted by Crippen LogP contribution is 2.45. The first-order valence-electron chi connectivity index (χ1n) is 8.68. The van der Waals surface area contributed by atoms with E-state index in [2.05, 4.69) is 49.3 Å². The normalized spacial score (nSPS) is 23.5. The van der Waals surface area contributed by atoms with E-state index in [4.69, 9.17) is 23.8 Å². The molecule has 0 spiro atoms. The van der Waals surface area contributed by atoms with Gasteiger partial charge in [-0.3, -0.25) is 10.1 Å². The number of benzene rings is 1. The molecule has 0 aromatic heterocycles. The fourth-order valence-corrected chi connectivity index (χ4v) is 4.33. The minimum absolute atomic E-state index is 0.102. The molecule has 0 saturated carbocycles. The number of fused-ring (bicyclic) bond motifs is 1. The van der Waals surface area contributed by atoms with Crippen LogP contribution in [0.15, 0.2) is 17.8 Å². The van der Waals surface area contributed by atoms with Gasteiger partial charge in [0.1, 0.15) is 5.70 Å². The Morgan fingerprint density at radius 2 is 2.12 bits per heavy atom. The van der Waals surface area contributed by atoms with Crippen LogP contribution in [0.3, 0.4) is 0 Å². The van der Waals surface area contributed by atoms with Gasteiger partial charge in [0.15, 0.2) is 5.11 Å². The van der Waals surface area contributed by atoms with Crippen LogP contribution in [-0.2, 0) is 4.79 Å².